The van der Waals surface area contributed by atoms with Crippen LogP contribution in [0.3, 0.4) is 0 Å². The van der Waals surface area contributed by atoms with Crippen LogP contribution in [0, 0.1) is 0 Å². The number of rotatable bonds is 4. The second kappa shape index (κ2) is 7.46. The Morgan fingerprint density at radius 3 is 2.72 bits per heavy atom. The summed E-state index contributed by atoms with van der Waals surface area (Å²) in [7, 11) is 1.64. The summed E-state index contributed by atoms with van der Waals surface area (Å²) in [6.45, 7) is 1.86. The van der Waals surface area contributed by atoms with Crippen LogP contribution in [0.25, 0.3) is 5.95 Å². The molecule has 1 fully saturated rings. The molecule has 5 rings (SSSR count). The Morgan fingerprint density at radius 1 is 1.25 bits per heavy atom. The van der Waals surface area contributed by atoms with Crippen LogP contribution in [-0.4, -0.2) is 50.5 Å². The monoisotopic (exact) mass is 444 g/mol. The zero-order valence-electron chi connectivity index (χ0n) is 17.8. The van der Waals surface area contributed by atoms with E-state index in [1.807, 2.05) is 13.0 Å². The third-order valence-electron chi connectivity index (χ3n) is 6.40. The average molecular weight is 444 g/mol. The standard InChI is InChI=1S/C22H23F3N6O/c1-3-16-20(32)29(2)17-12-27-21(28-19(17)31(16)15-10-22(24,25)11-15)30-8-7-26-18(30)13-5-4-6-14(23)9-13/h4-8,12-13,15-16H,3,9-11H2,1-2H3/t13?,16-/m1/s1. The van der Waals surface area contributed by atoms with Crippen molar-refractivity contribution in [1.29, 1.82) is 0 Å². The van der Waals surface area contributed by atoms with E-state index in [2.05, 4.69) is 9.97 Å². The molecule has 1 unspecified atom stereocenters. The first-order valence-electron chi connectivity index (χ1n) is 10.7. The van der Waals surface area contributed by atoms with Gasteiger partial charge in [-0.05, 0) is 12.5 Å². The van der Waals surface area contributed by atoms with Crippen LogP contribution in [-0.2, 0) is 4.79 Å². The number of nitrogens with zero attached hydrogens (tertiary/aromatic N) is 6. The van der Waals surface area contributed by atoms with E-state index in [1.54, 1.807) is 35.0 Å². The van der Waals surface area contributed by atoms with E-state index >= 15 is 0 Å². The molecule has 7 nitrogen and oxygen atoms in total. The van der Waals surface area contributed by atoms with Crippen molar-refractivity contribution >= 4 is 17.4 Å². The van der Waals surface area contributed by atoms with Crippen LogP contribution in [0.5, 0.6) is 0 Å². The number of aromatic nitrogens is 4. The van der Waals surface area contributed by atoms with Gasteiger partial charge in [-0.2, -0.15) is 4.98 Å². The molecule has 2 atom stereocenters. The number of hydrogen-bond donors (Lipinski definition) is 0. The summed E-state index contributed by atoms with van der Waals surface area (Å²) < 4.78 is 42.9. The first-order chi connectivity index (χ1) is 15.3. The molecular formula is C22H23F3N6O. The van der Waals surface area contributed by atoms with E-state index in [-0.39, 0.29) is 36.9 Å². The van der Waals surface area contributed by atoms with E-state index in [4.69, 9.17) is 4.98 Å². The predicted molar refractivity (Wildman–Crippen MR) is 113 cm³/mol. The fourth-order valence-corrected chi connectivity index (χ4v) is 4.71. The number of allylic oxidation sites excluding steroid dienone is 4. The van der Waals surface area contributed by atoms with Crippen molar-refractivity contribution in [2.45, 2.75) is 56.5 Å². The molecule has 3 aliphatic rings. The minimum Gasteiger partial charge on any atom is -0.339 e. The third-order valence-corrected chi connectivity index (χ3v) is 6.40. The van der Waals surface area contributed by atoms with Crippen molar-refractivity contribution in [1.82, 2.24) is 19.5 Å². The Bertz CT molecular complexity index is 1120. The van der Waals surface area contributed by atoms with Crippen LogP contribution in [0.2, 0.25) is 0 Å². The maximum atomic E-state index is 13.8. The number of amides is 1. The Hall–Kier alpha value is -3.17. The molecule has 3 heterocycles. The number of alkyl halides is 2. The van der Waals surface area contributed by atoms with E-state index in [0.717, 1.165) is 0 Å². The lowest BCUT2D eigenvalue weighted by Crippen LogP contribution is -2.61. The van der Waals surface area contributed by atoms with Gasteiger partial charge in [-0.3, -0.25) is 9.36 Å². The summed E-state index contributed by atoms with van der Waals surface area (Å²) in [6.07, 6.45) is 9.80. The Morgan fingerprint density at radius 2 is 2.03 bits per heavy atom. The van der Waals surface area contributed by atoms with Crippen molar-refractivity contribution < 1.29 is 18.0 Å². The van der Waals surface area contributed by atoms with E-state index in [0.29, 0.717) is 29.7 Å². The number of anilines is 2. The quantitative estimate of drug-likeness (QED) is 0.715. The molecule has 168 valence electrons. The predicted octanol–water partition coefficient (Wildman–Crippen LogP) is 3.92. The molecule has 2 aliphatic carbocycles. The number of fused-ring (bicyclic) bond motifs is 1. The van der Waals surface area contributed by atoms with Gasteiger partial charge in [-0.15, -0.1) is 0 Å². The van der Waals surface area contributed by atoms with Gasteiger partial charge in [0.05, 0.1) is 6.20 Å². The van der Waals surface area contributed by atoms with Crippen LogP contribution in [0.1, 0.15) is 44.3 Å². The Labute approximate surface area is 183 Å². The van der Waals surface area contributed by atoms with Crippen molar-refractivity contribution in [3.8, 4) is 5.95 Å². The lowest BCUT2D eigenvalue weighted by molar-refractivity contribution is -0.122. The molecule has 2 aromatic rings. The summed E-state index contributed by atoms with van der Waals surface area (Å²) in [5, 5.41) is 0. The summed E-state index contributed by atoms with van der Waals surface area (Å²) in [5.41, 5.74) is 0.479. The van der Waals surface area contributed by atoms with Crippen LogP contribution in [0.15, 0.2) is 42.6 Å². The highest BCUT2D eigenvalue weighted by Crippen LogP contribution is 2.46. The van der Waals surface area contributed by atoms with Gasteiger partial charge >= 0.3 is 0 Å². The molecule has 0 N–H and O–H groups in total. The first kappa shape index (κ1) is 20.7. The molecule has 10 heteroatoms. The molecule has 0 spiro atoms. The summed E-state index contributed by atoms with van der Waals surface area (Å²) in [5.74, 6) is -2.07. The highest BCUT2D eigenvalue weighted by atomic mass is 19.3. The molecule has 0 bridgehead atoms. The van der Waals surface area contributed by atoms with Gasteiger partial charge in [0.15, 0.2) is 5.82 Å². The lowest BCUT2D eigenvalue weighted by Gasteiger charge is -2.49. The first-order valence-corrected chi connectivity index (χ1v) is 10.7. The number of likely N-dealkylation sites (N-methyl/N-ethyl adjacent to an activating group) is 1. The second-order valence-corrected chi connectivity index (χ2v) is 8.49. The number of hydrogen-bond acceptors (Lipinski definition) is 5. The Balaban J connectivity index is 1.57. The van der Waals surface area contributed by atoms with Gasteiger partial charge in [-0.1, -0.05) is 19.1 Å². The molecule has 0 saturated heterocycles. The average Bonchev–Trinajstić information content (AvgIpc) is 3.24. The van der Waals surface area contributed by atoms with Crippen LogP contribution >= 0.6 is 0 Å². The van der Waals surface area contributed by atoms with Crippen molar-refractivity contribution in [2.75, 3.05) is 16.8 Å². The highest BCUT2D eigenvalue weighted by Gasteiger charge is 2.52. The van der Waals surface area contributed by atoms with E-state index in [9.17, 15) is 18.0 Å². The SMILES string of the molecule is CC[C@@H]1C(=O)N(C)c2cnc(-n3ccnc3C3C=CC=C(F)C3)nc2N1C1CC(F)(F)C1. The van der Waals surface area contributed by atoms with Crippen LogP contribution < -0.4 is 9.80 Å². The van der Waals surface area contributed by atoms with Crippen molar-refractivity contribution in [3.63, 3.8) is 0 Å². The van der Waals surface area contributed by atoms with E-state index < -0.39 is 18.0 Å². The van der Waals surface area contributed by atoms with Gasteiger partial charge < -0.3 is 9.80 Å². The highest BCUT2D eigenvalue weighted by molar-refractivity contribution is 6.04. The second-order valence-electron chi connectivity index (χ2n) is 8.49. The minimum absolute atomic E-state index is 0.163. The lowest BCUT2D eigenvalue weighted by atomic mass is 9.85. The maximum absolute atomic E-state index is 13.8. The van der Waals surface area contributed by atoms with Crippen molar-refractivity contribution in [2.24, 2.45) is 0 Å². The number of carbonyl (C=O) groups excluding carboxylic acids is 1. The smallest absolute Gasteiger partial charge is 0.252 e. The summed E-state index contributed by atoms with van der Waals surface area (Å²) in [6, 6.07) is -1.05. The van der Waals surface area contributed by atoms with E-state index in [1.165, 1.54) is 17.2 Å². The Kier molecular flexibility index (Phi) is 4.83. The van der Waals surface area contributed by atoms with Gasteiger partial charge in [-0.25, -0.2) is 23.1 Å². The molecular weight excluding hydrogens is 421 g/mol. The molecule has 0 radical (unpaired) electrons. The zero-order valence-corrected chi connectivity index (χ0v) is 17.8. The number of imidazole rings is 1. The maximum Gasteiger partial charge on any atom is 0.252 e. The molecule has 1 amide bonds. The molecule has 1 aliphatic heterocycles. The minimum atomic E-state index is -2.73. The molecule has 32 heavy (non-hydrogen) atoms. The van der Waals surface area contributed by atoms with Gasteiger partial charge in [0, 0.05) is 50.7 Å². The molecule has 2 aromatic heterocycles. The zero-order chi connectivity index (χ0) is 22.6. The van der Waals surface area contributed by atoms with Gasteiger partial charge in [0.2, 0.25) is 11.9 Å². The fourth-order valence-electron chi connectivity index (χ4n) is 4.71. The third kappa shape index (κ3) is 3.28. The van der Waals surface area contributed by atoms with Crippen molar-refractivity contribution in [3.05, 3.63) is 48.5 Å². The largest absolute Gasteiger partial charge is 0.339 e. The topological polar surface area (TPSA) is 67.2 Å². The normalized spacial score (nSPS) is 24.9. The number of halogens is 3. The fraction of sp³-hybridized carbons (Fsp3) is 0.455. The van der Waals surface area contributed by atoms with Gasteiger partial charge in [0.25, 0.3) is 5.92 Å². The number of carbonyl (C=O) groups is 1. The molecule has 1 saturated carbocycles. The summed E-state index contributed by atoms with van der Waals surface area (Å²) >= 11 is 0. The molecule has 0 aromatic carbocycles. The summed E-state index contributed by atoms with van der Waals surface area (Å²) in [4.78, 5) is 29.7. The van der Waals surface area contributed by atoms with Gasteiger partial charge in [0.1, 0.15) is 23.4 Å². The van der Waals surface area contributed by atoms with Crippen LogP contribution in [0.4, 0.5) is 24.7 Å².